The predicted octanol–water partition coefficient (Wildman–Crippen LogP) is 2.75. The molecule has 0 saturated heterocycles. The molecule has 1 rings (SSSR count). The lowest BCUT2D eigenvalue weighted by atomic mass is 10.0. The lowest BCUT2D eigenvalue weighted by Crippen LogP contribution is -2.32. The van der Waals surface area contributed by atoms with Gasteiger partial charge in [0.15, 0.2) is 0 Å². The molecule has 0 aliphatic rings. The Kier molecular flexibility index (Phi) is 5.69. The fourth-order valence-electron chi connectivity index (χ4n) is 2.33. The van der Waals surface area contributed by atoms with E-state index in [1.807, 2.05) is 11.7 Å². The minimum Gasteiger partial charge on any atom is -0.314 e. The predicted molar refractivity (Wildman–Crippen MR) is 73.4 cm³/mol. The van der Waals surface area contributed by atoms with E-state index in [2.05, 4.69) is 38.1 Å². The Labute approximate surface area is 106 Å². The van der Waals surface area contributed by atoms with Crippen molar-refractivity contribution in [2.24, 2.45) is 7.05 Å². The summed E-state index contributed by atoms with van der Waals surface area (Å²) < 4.78 is 1.99. The van der Waals surface area contributed by atoms with Gasteiger partial charge in [0.05, 0.1) is 5.69 Å². The molecule has 1 heterocycles. The van der Waals surface area contributed by atoms with Crippen molar-refractivity contribution in [2.75, 3.05) is 6.54 Å². The largest absolute Gasteiger partial charge is 0.314 e. The van der Waals surface area contributed by atoms with E-state index in [1.165, 1.54) is 36.2 Å². The van der Waals surface area contributed by atoms with Crippen molar-refractivity contribution in [1.29, 1.82) is 0 Å². The standard InChI is InChI=1S/C14H27N3/c1-6-8-13(15-9-7-2)10-14-11(3)16-17(5)12(14)4/h13,15H,6-10H2,1-5H3. The normalized spacial score (nSPS) is 13.0. The molecule has 0 bridgehead atoms. The van der Waals surface area contributed by atoms with Gasteiger partial charge in [-0.1, -0.05) is 20.3 Å². The Morgan fingerprint density at radius 3 is 2.41 bits per heavy atom. The van der Waals surface area contributed by atoms with Gasteiger partial charge in [-0.2, -0.15) is 5.10 Å². The fraction of sp³-hybridized carbons (Fsp3) is 0.786. The zero-order valence-electron chi connectivity index (χ0n) is 12.0. The van der Waals surface area contributed by atoms with Crippen LogP contribution in [0.4, 0.5) is 0 Å². The quantitative estimate of drug-likeness (QED) is 0.790. The minimum absolute atomic E-state index is 0.599. The summed E-state index contributed by atoms with van der Waals surface area (Å²) in [5.74, 6) is 0. The molecule has 0 aliphatic carbocycles. The van der Waals surface area contributed by atoms with Crippen molar-refractivity contribution in [3.05, 3.63) is 17.0 Å². The van der Waals surface area contributed by atoms with E-state index in [1.54, 1.807) is 0 Å². The highest BCUT2D eigenvalue weighted by molar-refractivity contribution is 5.25. The number of nitrogens with one attached hydrogen (secondary N) is 1. The Hall–Kier alpha value is -0.830. The Morgan fingerprint density at radius 2 is 1.94 bits per heavy atom. The number of hydrogen-bond donors (Lipinski definition) is 1. The highest BCUT2D eigenvalue weighted by Crippen LogP contribution is 2.16. The van der Waals surface area contributed by atoms with Crippen molar-refractivity contribution >= 4 is 0 Å². The maximum absolute atomic E-state index is 4.49. The number of aryl methyl sites for hydroxylation is 2. The monoisotopic (exact) mass is 237 g/mol. The molecule has 3 nitrogen and oxygen atoms in total. The third-order valence-electron chi connectivity index (χ3n) is 3.43. The van der Waals surface area contributed by atoms with Crippen molar-refractivity contribution in [3.8, 4) is 0 Å². The number of aromatic nitrogens is 2. The summed E-state index contributed by atoms with van der Waals surface area (Å²) in [5.41, 5.74) is 3.92. The van der Waals surface area contributed by atoms with E-state index in [0.717, 1.165) is 13.0 Å². The minimum atomic E-state index is 0.599. The summed E-state index contributed by atoms with van der Waals surface area (Å²) in [7, 11) is 2.03. The summed E-state index contributed by atoms with van der Waals surface area (Å²) in [6.45, 7) is 9.87. The molecular weight excluding hydrogens is 210 g/mol. The SMILES string of the molecule is CCCNC(CCC)Cc1c(C)nn(C)c1C. The average molecular weight is 237 g/mol. The average Bonchev–Trinajstić information content (AvgIpc) is 2.53. The zero-order valence-corrected chi connectivity index (χ0v) is 12.0. The maximum Gasteiger partial charge on any atom is 0.0628 e. The van der Waals surface area contributed by atoms with E-state index in [9.17, 15) is 0 Å². The van der Waals surface area contributed by atoms with Crippen molar-refractivity contribution < 1.29 is 0 Å². The van der Waals surface area contributed by atoms with Gasteiger partial charge < -0.3 is 5.32 Å². The smallest absolute Gasteiger partial charge is 0.0628 e. The van der Waals surface area contributed by atoms with Gasteiger partial charge in [0.1, 0.15) is 0 Å². The summed E-state index contributed by atoms with van der Waals surface area (Å²) >= 11 is 0. The van der Waals surface area contributed by atoms with Gasteiger partial charge in [-0.25, -0.2) is 0 Å². The molecule has 1 aromatic rings. The van der Waals surface area contributed by atoms with Gasteiger partial charge in [-0.3, -0.25) is 4.68 Å². The molecule has 0 radical (unpaired) electrons. The third-order valence-corrected chi connectivity index (χ3v) is 3.43. The first kappa shape index (κ1) is 14.2. The maximum atomic E-state index is 4.49. The first-order valence-corrected chi connectivity index (χ1v) is 6.82. The van der Waals surface area contributed by atoms with Gasteiger partial charge in [0, 0.05) is 18.8 Å². The van der Waals surface area contributed by atoms with E-state index < -0.39 is 0 Å². The van der Waals surface area contributed by atoms with Crippen LogP contribution in [0.2, 0.25) is 0 Å². The molecular formula is C14H27N3. The van der Waals surface area contributed by atoms with E-state index in [0.29, 0.717) is 6.04 Å². The first-order valence-electron chi connectivity index (χ1n) is 6.82. The second-order valence-electron chi connectivity index (χ2n) is 4.92. The molecule has 3 heteroatoms. The van der Waals surface area contributed by atoms with Gasteiger partial charge in [0.2, 0.25) is 0 Å². The van der Waals surface area contributed by atoms with Crippen molar-refractivity contribution in [1.82, 2.24) is 15.1 Å². The van der Waals surface area contributed by atoms with Crippen LogP contribution in [-0.2, 0) is 13.5 Å². The molecule has 17 heavy (non-hydrogen) atoms. The summed E-state index contributed by atoms with van der Waals surface area (Å²) in [6, 6.07) is 0.599. The molecule has 0 spiro atoms. The zero-order chi connectivity index (χ0) is 12.8. The summed E-state index contributed by atoms with van der Waals surface area (Å²) in [5, 5.41) is 8.14. The van der Waals surface area contributed by atoms with Crippen LogP contribution in [0.3, 0.4) is 0 Å². The molecule has 0 amide bonds. The lowest BCUT2D eigenvalue weighted by molar-refractivity contribution is 0.471. The first-order chi connectivity index (χ1) is 8.10. The summed E-state index contributed by atoms with van der Waals surface area (Å²) in [4.78, 5) is 0. The molecule has 1 unspecified atom stereocenters. The molecule has 0 saturated carbocycles. The van der Waals surface area contributed by atoms with Crippen LogP contribution >= 0.6 is 0 Å². The molecule has 1 atom stereocenters. The van der Waals surface area contributed by atoms with Crippen LogP contribution in [-0.4, -0.2) is 22.4 Å². The molecule has 0 aliphatic heterocycles. The molecule has 0 aromatic carbocycles. The highest BCUT2D eigenvalue weighted by Gasteiger charge is 2.14. The number of nitrogens with zero attached hydrogens (tertiary/aromatic N) is 2. The molecule has 1 aromatic heterocycles. The Balaban J connectivity index is 2.70. The fourth-order valence-corrected chi connectivity index (χ4v) is 2.33. The van der Waals surface area contributed by atoms with Gasteiger partial charge in [0.25, 0.3) is 0 Å². The third kappa shape index (κ3) is 3.84. The lowest BCUT2D eigenvalue weighted by Gasteiger charge is -2.18. The molecule has 1 N–H and O–H groups in total. The number of rotatable bonds is 7. The van der Waals surface area contributed by atoms with Crippen LogP contribution in [0.15, 0.2) is 0 Å². The van der Waals surface area contributed by atoms with Crippen molar-refractivity contribution in [2.45, 2.75) is 59.4 Å². The van der Waals surface area contributed by atoms with Crippen LogP contribution < -0.4 is 5.32 Å². The van der Waals surface area contributed by atoms with E-state index in [-0.39, 0.29) is 0 Å². The van der Waals surface area contributed by atoms with Crippen LogP contribution in [0, 0.1) is 13.8 Å². The second kappa shape index (κ2) is 6.80. The van der Waals surface area contributed by atoms with E-state index >= 15 is 0 Å². The van der Waals surface area contributed by atoms with Gasteiger partial charge >= 0.3 is 0 Å². The summed E-state index contributed by atoms with van der Waals surface area (Å²) in [6.07, 6.45) is 4.79. The van der Waals surface area contributed by atoms with Gasteiger partial charge in [-0.15, -0.1) is 0 Å². The Morgan fingerprint density at radius 1 is 1.24 bits per heavy atom. The van der Waals surface area contributed by atoms with Crippen LogP contribution in [0.25, 0.3) is 0 Å². The number of hydrogen-bond acceptors (Lipinski definition) is 2. The topological polar surface area (TPSA) is 29.9 Å². The highest BCUT2D eigenvalue weighted by atomic mass is 15.3. The molecule has 0 fully saturated rings. The van der Waals surface area contributed by atoms with Crippen LogP contribution in [0.1, 0.15) is 50.1 Å². The molecule has 98 valence electrons. The Bertz CT molecular complexity index is 341. The second-order valence-corrected chi connectivity index (χ2v) is 4.92. The van der Waals surface area contributed by atoms with Crippen molar-refractivity contribution in [3.63, 3.8) is 0 Å². The van der Waals surface area contributed by atoms with Gasteiger partial charge in [-0.05, 0) is 45.2 Å². The van der Waals surface area contributed by atoms with Crippen LogP contribution in [0.5, 0.6) is 0 Å². The van der Waals surface area contributed by atoms with E-state index in [4.69, 9.17) is 0 Å².